The summed E-state index contributed by atoms with van der Waals surface area (Å²) in [6.07, 6.45) is 1.40. The summed E-state index contributed by atoms with van der Waals surface area (Å²) in [5.74, 6) is 0.583. The molecule has 17 heavy (non-hydrogen) atoms. The molecular weight excluding hydrogens is 216 g/mol. The minimum absolute atomic E-state index is 0.148. The van der Waals surface area contributed by atoms with Crippen LogP contribution in [0.2, 0.25) is 0 Å². The first kappa shape index (κ1) is 11.9. The summed E-state index contributed by atoms with van der Waals surface area (Å²) in [4.78, 5) is 13.7. The van der Waals surface area contributed by atoms with Gasteiger partial charge >= 0.3 is 6.09 Å². The van der Waals surface area contributed by atoms with Gasteiger partial charge in [-0.05, 0) is 31.9 Å². The van der Waals surface area contributed by atoms with E-state index in [1.807, 2.05) is 25.1 Å². The summed E-state index contributed by atoms with van der Waals surface area (Å²) in [7, 11) is 0. The van der Waals surface area contributed by atoms with Gasteiger partial charge in [-0.1, -0.05) is 18.2 Å². The number of amides is 1. The topological polar surface area (TPSA) is 55.6 Å². The zero-order chi connectivity index (χ0) is 12.3. The second kappa shape index (κ2) is 5.19. The van der Waals surface area contributed by atoms with E-state index in [9.17, 15) is 4.79 Å². The Bertz CT molecular complexity index is 380. The molecular formula is C13H18N2O2. The van der Waals surface area contributed by atoms with Gasteiger partial charge in [-0.15, -0.1) is 0 Å². The van der Waals surface area contributed by atoms with Crippen LogP contribution in [0.1, 0.15) is 19.8 Å². The number of nitrogens with zero attached hydrogens (tertiary/aromatic N) is 1. The van der Waals surface area contributed by atoms with Crippen LogP contribution >= 0.6 is 0 Å². The predicted octanol–water partition coefficient (Wildman–Crippen LogP) is 2.00. The van der Waals surface area contributed by atoms with Gasteiger partial charge in [-0.3, -0.25) is 0 Å². The quantitative estimate of drug-likeness (QED) is 0.808. The van der Waals surface area contributed by atoms with Crippen LogP contribution in [0, 0.1) is 0 Å². The molecule has 4 nitrogen and oxygen atoms in total. The molecule has 2 unspecified atom stereocenters. The number of carbonyl (C=O) groups excluding carboxylic acids is 1. The molecule has 1 amide bonds. The predicted molar refractivity (Wildman–Crippen MR) is 65.8 cm³/mol. The number of piperidine rings is 1. The molecule has 1 aliphatic heterocycles. The fourth-order valence-corrected chi connectivity index (χ4v) is 2.13. The second-order valence-corrected chi connectivity index (χ2v) is 4.51. The van der Waals surface area contributed by atoms with Crippen molar-refractivity contribution in [2.24, 2.45) is 5.73 Å². The van der Waals surface area contributed by atoms with E-state index in [-0.39, 0.29) is 18.2 Å². The molecule has 0 spiro atoms. The van der Waals surface area contributed by atoms with E-state index in [1.165, 1.54) is 0 Å². The maximum absolute atomic E-state index is 11.9. The van der Waals surface area contributed by atoms with Gasteiger partial charge in [0.25, 0.3) is 0 Å². The number of carbonyl (C=O) groups is 1. The van der Waals surface area contributed by atoms with Crippen LogP contribution in [-0.4, -0.2) is 29.6 Å². The summed E-state index contributed by atoms with van der Waals surface area (Å²) in [6, 6.07) is 9.48. The van der Waals surface area contributed by atoms with Crippen molar-refractivity contribution in [1.82, 2.24) is 4.90 Å². The molecule has 2 N–H and O–H groups in total. The molecule has 2 rings (SSSR count). The Kier molecular flexibility index (Phi) is 3.64. The van der Waals surface area contributed by atoms with Gasteiger partial charge in [0.05, 0.1) is 0 Å². The highest BCUT2D eigenvalue weighted by molar-refractivity contribution is 5.71. The molecule has 1 fully saturated rings. The minimum Gasteiger partial charge on any atom is -0.410 e. The molecule has 0 saturated carbocycles. The molecule has 0 bridgehead atoms. The third-order valence-electron chi connectivity index (χ3n) is 3.10. The highest BCUT2D eigenvalue weighted by Gasteiger charge is 2.28. The number of hydrogen-bond donors (Lipinski definition) is 1. The van der Waals surface area contributed by atoms with Crippen molar-refractivity contribution in [2.45, 2.75) is 31.8 Å². The number of ether oxygens (including phenoxy) is 1. The van der Waals surface area contributed by atoms with Crippen molar-refractivity contribution in [3.63, 3.8) is 0 Å². The second-order valence-electron chi connectivity index (χ2n) is 4.51. The maximum Gasteiger partial charge on any atom is 0.415 e. The molecule has 1 aromatic rings. The number of nitrogens with two attached hydrogens (primary N) is 1. The first-order valence-electron chi connectivity index (χ1n) is 5.96. The molecule has 1 saturated heterocycles. The van der Waals surface area contributed by atoms with Crippen LogP contribution in [0.3, 0.4) is 0 Å². The fourth-order valence-electron chi connectivity index (χ4n) is 2.13. The van der Waals surface area contributed by atoms with Crippen LogP contribution in [0.15, 0.2) is 30.3 Å². The molecule has 4 heteroatoms. The normalized spacial score (nSPS) is 24.5. The van der Waals surface area contributed by atoms with Crippen LogP contribution in [0.5, 0.6) is 5.75 Å². The van der Waals surface area contributed by atoms with Gasteiger partial charge in [0, 0.05) is 18.6 Å². The smallest absolute Gasteiger partial charge is 0.410 e. The highest BCUT2D eigenvalue weighted by atomic mass is 16.6. The van der Waals surface area contributed by atoms with Crippen LogP contribution in [-0.2, 0) is 0 Å². The zero-order valence-electron chi connectivity index (χ0n) is 10.0. The van der Waals surface area contributed by atoms with E-state index in [1.54, 1.807) is 17.0 Å². The summed E-state index contributed by atoms with van der Waals surface area (Å²) < 4.78 is 5.31. The van der Waals surface area contributed by atoms with Crippen molar-refractivity contribution in [2.75, 3.05) is 6.54 Å². The lowest BCUT2D eigenvalue weighted by Crippen LogP contribution is -2.49. The molecule has 1 aromatic carbocycles. The first-order valence-corrected chi connectivity index (χ1v) is 5.96. The molecule has 92 valence electrons. The minimum atomic E-state index is -0.282. The van der Waals surface area contributed by atoms with Crippen LogP contribution in [0.25, 0.3) is 0 Å². The summed E-state index contributed by atoms with van der Waals surface area (Å²) >= 11 is 0. The molecule has 0 aliphatic carbocycles. The van der Waals surface area contributed by atoms with Gasteiger partial charge in [-0.25, -0.2) is 4.79 Å². The number of benzene rings is 1. The lowest BCUT2D eigenvalue weighted by Gasteiger charge is -2.35. The van der Waals surface area contributed by atoms with E-state index < -0.39 is 0 Å². The number of rotatable bonds is 1. The SMILES string of the molecule is CC1CC(N)CCN1C(=O)Oc1ccccc1. The van der Waals surface area contributed by atoms with E-state index in [2.05, 4.69) is 0 Å². The average Bonchev–Trinajstić information content (AvgIpc) is 2.30. The van der Waals surface area contributed by atoms with E-state index in [0.29, 0.717) is 12.3 Å². The number of likely N-dealkylation sites (tertiary alicyclic amines) is 1. The third kappa shape index (κ3) is 2.97. The van der Waals surface area contributed by atoms with Crippen molar-refractivity contribution in [3.8, 4) is 5.75 Å². The zero-order valence-corrected chi connectivity index (χ0v) is 10.0. The van der Waals surface area contributed by atoms with Crippen molar-refractivity contribution in [3.05, 3.63) is 30.3 Å². The van der Waals surface area contributed by atoms with Gasteiger partial charge in [0.2, 0.25) is 0 Å². The Balaban J connectivity index is 1.96. The highest BCUT2D eigenvalue weighted by Crippen LogP contribution is 2.18. The number of hydrogen-bond acceptors (Lipinski definition) is 3. The lowest BCUT2D eigenvalue weighted by atomic mass is 10.00. The Morgan fingerprint density at radius 1 is 1.41 bits per heavy atom. The monoisotopic (exact) mass is 234 g/mol. The van der Waals surface area contributed by atoms with Gasteiger partial charge in [-0.2, -0.15) is 0 Å². The molecule has 0 aromatic heterocycles. The molecule has 0 radical (unpaired) electrons. The summed E-state index contributed by atoms with van der Waals surface area (Å²) in [5, 5.41) is 0. The largest absolute Gasteiger partial charge is 0.415 e. The molecule has 2 atom stereocenters. The van der Waals surface area contributed by atoms with Gasteiger partial charge in [0.15, 0.2) is 0 Å². The van der Waals surface area contributed by atoms with Crippen LogP contribution < -0.4 is 10.5 Å². The standard InChI is InChI=1S/C13H18N2O2/c1-10-9-11(14)7-8-15(10)13(16)17-12-5-3-2-4-6-12/h2-6,10-11H,7-9,14H2,1H3. The summed E-state index contributed by atoms with van der Waals surface area (Å²) in [5.41, 5.74) is 5.86. The number of para-hydroxylation sites is 1. The lowest BCUT2D eigenvalue weighted by molar-refractivity contribution is 0.113. The van der Waals surface area contributed by atoms with Crippen molar-refractivity contribution < 1.29 is 9.53 Å². The molecule has 1 aliphatic rings. The van der Waals surface area contributed by atoms with Crippen molar-refractivity contribution >= 4 is 6.09 Å². The average molecular weight is 234 g/mol. The van der Waals surface area contributed by atoms with E-state index in [0.717, 1.165) is 12.8 Å². The van der Waals surface area contributed by atoms with E-state index in [4.69, 9.17) is 10.5 Å². The van der Waals surface area contributed by atoms with Crippen LogP contribution in [0.4, 0.5) is 4.79 Å². The third-order valence-corrected chi connectivity index (χ3v) is 3.10. The van der Waals surface area contributed by atoms with Gasteiger partial charge in [0.1, 0.15) is 5.75 Å². The maximum atomic E-state index is 11.9. The summed E-state index contributed by atoms with van der Waals surface area (Å²) in [6.45, 7) is 2.68. The van der Waals surface area contributed by atoms with Crippen molar-refractivity contribution in [1.29, 1.82) is 0 Å². The Morgan fingerprint density at radius 2 is 2.12 bits per heavy atom. The van der Waals surface area contributed by atoms with Gasteiger partial charge < -0.3 is 15.4 Å². The molecule has 1 heterocycles. The fraction of sp³-hybridized carbons (Fsp3) is 0.462. The van der Waals surface area contributed by atoms with E-state index >= 15 is 0 Å². The Hall–Kier alpha value is -1.55. The first-order chi connectivity index (χ1) is 8.16. The Labute approximate surface area is 101 Å². The Morgan fingerprint density at radius 3 is 2.76 bits per heavy atom.